The van der Waals surface area contributed by atoms with Gasteiger partial charge in [0.15, 0.2) is 5.17 Å². The Kier molecular flexibility index (Phi) is 8.50. The lowest BCUT2D eigenvalue weighted by atomic mass is 9.93. The van der Waals surface area contributed by atoms with Crippen LogP contribution in [0.5, 0.6) is 5.75 Å². The summed E-state index contributed by atoms with van der Waals surface area (Å²) in [5.74, 6) is 0.115. The van der Waals surface area contributed by atoms with Gasteiger partial charge in [0, 0.05) is 11.7 Å². The molecule has 0 aromatic heterocycles. The number of amidine groups is 1. The molecule has 192 valence electrons. The molecule has 0 saturated carbocycles. The van der Waals surface area contributed by atoms with Crippen LogP contribution < -0.4 is 10.1 Å². The molecule has 2 aliphatic heterocycles. The molecule has 4 rings (SSSR count). The van der Waals surface area contributed by atoms with Gasteiger partial charge in [-0.25, -0.2) is 9.79 Å². The van der Waals surface area contributed by atoms with Crippen molar-refractivity contribution in [3.05, 3.63) is 101 Å². The van der Waals surface area contributed by atoms with Gasteiger partial charge >= 0.3 is 5.97 Å². The van der Waals surface area contributed by atoms with Crippen molar-refractivity contribution >= 4 is 28.8 Å². The van der Waals surface area contributed by atoms with E-state index in [2.05, 4.69) is 11.9 Å². The van der Waals surface area contributed by atoms with Gasteiger partial charge in [0.05, 0.1) is 23.7 Å². The van der Waals surface area contributed by atoms with E-state index in [1.165, 1.54) is 17.8 Å². The number of esters is 1. The normalized spacial score (nSPS) is 16.6. The lowest BCUT2D eigenvalue weighted by Crippen LogP contribution is -2.38. The van der Waals surface area contributed by atoms with Gasteiger partial charge in [0.1, 0.15) is 19.0 Å². The molecule has 0 aliphatic carbocycles. The first-order chi connectivity index (χ1) is 17.9. The van der Waals surface area contributed by atoms with Crippen LogP contribution in [0, 0.1) is 0 Å². The fourth-order valence-corrected chi connectivity index (χ4v) is 5.18. The number of fused-ring (bicyclic) bond motifs is 1. The molecule has 37 heavy (non-hydrogen) atoms. The molecule has 1 amide bonds. The molecule has 1 atom stereocenters. The molecule has 2 aromatic carbocycles. The first-order valence-corrected chi connectivity index (χ1v) is 13.0. The van der Waals surface area contributed by atoms with Crippen LogP contribution in [0.25, 0.3) is 0 Å². The van der Waals surface area contributed by atoms with Gasteiger partial charge in [-0.3, -0.25) is 4.79 Å². The summed E-state index contributed by atoms with van der Waals surface area (Å²) in [5.41, 5.74) is 3.66. The lowest BCUT2D eigenvalue weighted by molar-refractivity contribution is -0.138. The third-order valence-electron chi connectivity index (χ3n) is 5.77. The molecular formula is C29H31N3O4S. The van der Waals surface area contributed by atoms with Gasteiger partial charge in [0.2, 0.25) is 5.91 Å². The smallest absolute Gasteiger partial charge is 0.338 e. The van der Waals surface area contributed by atoms with Gasteiger partial charge in [0.25, 0.3) is 0 Å². The quantitative estimate of drug-likeness (QED) is 0.332. The minimum Gasteiger partial charge on any atom is -0.489 e. The maximum Gasteiger partial charge on any atom is 0.338 e. The standard InChI is InChI=1S/C29H31N3O4S/c1-5-14-35-28(34)26-20(4)31-29-32(23(18-37-29)16-25(33)30-19(2)3)27(26)22-12-9-13-24(15-22)36-17-21-10-7-6-8-11-21/h5-13,15,18-19,27H,1,14,16-17H2,2-4H3,(H,30,33)/t27-/m1/s1. The van der Waals surface area contributed by atoms with E-state index < -0.39 is 12.0 Å². The molecule has 0 unspecified atom stereocenters. The molecular weight excluding hydrogens is 486 g/mol. The number of aliphatic imine (C=N–C) groups is 1. The summed E-state index contributed by atoms with van der Waals surface area (Å²) >= 11 is 1.44. The second kappa shape index (κ2) is 12.0. The average molecular weight is 518 g/mol. The molecule has 0 fully saturated rings. The Labute approximate surface area is 221 Å². The molecule has 0 radical (unpaired) electrons. The number of nitrogens with zero attached hydrogens (tertiary/aromatic N) is 2. The van der Waals surface area contributed by atoms with E-state index in [4.69, 9.17) is 14.5 Å². The average Bonchev–Trinajstić information content (AvgIpc) is 3.27. The molecule has 2 aliphatic rings. The fourth-order valence-electron chi connectivity index (χ4n) is 4.21. The van der Waals surface area contributed by atoms with Crippen LogP contribution >= 0.6 is 11.8 Å². The Balaban J connectivity index is 1.68. The predicted octanol–water partition coefficient (Wildman–Crippen LogP) is 5.48. The zero-order valence-electron chi connectivity index (χ0n) is 21.3. The van der Waals surface area contributed by atoms with Crippen LogP contribution in [-0.4, -0.2) is 34.6 Å². The number of carbonyl (C=O) groups excluding carboxylic acids is 2. The maximum atomic E-state index is 13.2. The van der Waals surface area contributed by atoms with Gasteiger partial charge in [-0.1, -0.05) is 66.9 Å². The molecule has 8 heteroatoms. The Morgan fingerprint density at radius 2 is 1.97 bits per heavy atom. The minimum atomic E-state index is -0.529. The van der Waals surface area contributed by atoms with E-state index in [1.807, 2.05) is 85.7 Å². The monoisotopic (exact) mass is 517 g/mol. The van der Waals surface area contributed by atoms with E-state index in [0.717, 1.165) is 16.8 Å². The van der Waals surface area contributed by atoms with Crippen molar-refractivity contribution < 1.29 is 19.1 Å². The number of ether oxygens (including phenoxy) is 2. The van der Waals surface area contributed by atoms with Gasteiger partial charge < -0.3 is 19.7 Å². The van der Waals surface area contributed by atoms with Crippen molar-refractivity contribution in [2.24, 2.45) is 4.99 Å². The number of rotatable bonds is 10. The summed E-state index contributed by atoms with van der Waals surface area (Å²) in [7, 11) is 0. The van der Waals surface area contributed by atoms with Crippen LogP contribution in [-0.2, 0) is 20.9 Å². The van der Waals surface area contributed by atoms with E-state index in [1.54, 1.807) is 0 Å². The highest BCUT2D eigenvalue weighted by Crippen LogP contribution is 2.45. The highest BCUT2D eigenvalue weighted by molar-refractivity contribution is 8.16. The molecule has 1 N–H and O–H groups in total. The van der Waals surface area contributed by atoms with E-state index in [0.29, 0.717) is 28.8 Å². The minimum absolute atomic E-state index is 0.0254. The highest BCUT2D eigenvalue weighted by atomic mass is 32.2. The highest BCUT2D eigenvalue weighted by Gasteiger charge is 2.41. The summed E-state index contributed by atoms with van der Waals surface area (Å²) in [6.07, 6.45) is 1.70. The zero-order chi connectivity index (χ0) is 26.4. The van der Waals surface area contributed by atoms with Crippen molar-refractivity contribution in [1.82, 2.24) is 10.2 Å². The molecule has 2 heterocycles. The Morgan fingerprint density at radius 1 is 1.19 bits per heavy atom. The fraction of sp³-hybridized carbons (Fsp3) is 0.276. The second-order valence-corrected chi connectivity index (χ2v) is 9.86. The molecule has 7 nitrogen and oxygen atoms in total. The maximum absolute atomic E-state index is 13.2. The van der Waals surface area contributed by atoms with Crippen molar-refractivity contribution in [2.75, 3.05) is 6.61 Å². The topological polar surface area (TPSA) is 80.2 Å². The number of nitrogens with one attached hydrogen (secondary N) is 1. The van der Waals surface area contributed by atoms with Crippen LogP contribution in [0.3, 0.4) is 0 Å². The van der Waals surface area contributed by atoms with Gasteiger partial charge in [-0.15, -0.1) is 0 Å². The zero-order valence-corrected chi connectivity index (χ0v) is 22.1. The number of hydrogen-bond donors (Lipinski definition) is 1. The Hall–Kier alpha value is -3.78. The molecule has 0 bridgehead atoms. The van der Waals surface area contributed by atoms with E-state index >= 15 is 0 Å². The number of amides is 1. The first-order valence-electron chi connectivity index (χ1n) is 12.2. The number of allylic oxidation sites excluding steroid dienone is 1. The van der Waals surface area contributed by atoms with E-state index in [-0.39, 0.29) is 25.0 Å². The molecule has 0 spiro atoms. The molecule has 0 saturated heterocycles. The number of thioether (sulfide) groups is 1. The Morgan fingerprint density at radius 3 is 2.70 bits per heavy atom. The number of hydrogen-bond acceptors (Lipinski definition) is 7. The third-order valence-corrected chi connectivity index (χ3v) is 6.66. The first kappa shape index (κ1) is 26.3. The van der Waals surface area contributed by atoms with Crippen LogP contribution in [0.15, 0.2) is 94.6 Å². The van der Waals surface area contributed by atoms with Crippen molar-refractivity contribution in [3.8, 4) is 5.75 Å². The lowest BCUT2D eigenvalue weighted by Gasteiger charge is -2.36. The number of benzene rings is 2. The predicted molar refractivity (Wildman–Crippen MR) is 147 cm³/mol. The Bertz CT molecular complexity index is 1270. The van der Waals surface area contributed by atoms with Crippen molar-refractivity contribution in [1.29, 1.82) is 0 Å². The summed E-state index contributed by atoms with van der Waals surface area (Å²) in [6.45, 7) is 9.81. The van der Waals surface area contributed by atoms with Crippen LogP contribution in [0.1, 0.15) is 44.4 Å². The van der Waals surface area contributed by atoms with Gasteiger partial charge in [-0.2, -0.15) is 0 Å². The molecule has 2 aromatic rings. The van der Waals surface area contributed by atoms with Crippen LogP contribution in [0.4, 0.5) is 0 Å². The van der Waals surface area contributed by atoms with Gasteiger partial charge in [-0.05, 0) is 49.4 Å². The summed E-state index contributed by atoms with van der Waals surface area (Å²) < 4.78 is 11.5. The summed E-state index contributed by atoms with van der Waals surface area (Å²) in [5, 5.41) is 5.58. The summed E-state index contributed by atoms with van der Waals surface area (Å²) in [6, 6.07) is 17.1. The SMILES string of the molecule is C=CCOC(=O)C1=C(C)N=C2SC=C(CC(=O)NC(C)C)N2[C@@H]1c1cccc(OCc2ccccc2)c1. The number of carbonyl (C=O) groups is 2. The largest absolute Gasteiger partial charge is 0.489 e. The van der Waals surface area contributed by atoms with Crippen molar-refractivity contribution in [2.45, 2.75) is 45.9 Å². The van der Waals surface area contributed by atoms with Crippen molar-refractivity contribution in [3.63, 3.8) is 0 Å². The van der Waals surface area contributed by atoms with Crippen LogP contribution in [0.2, 0.25) is 0 Å². The van der Waals surface area contributed by atoms with E-state index in [9.17, 15) is 9.59 Å². The second-order valence-electron chi connectivity index (χ2n) is 9.03. The summed E-state index contributed by atoms with van der Waals surface area (Å²) in [4.78, 5) is 32.6. The third kappa shape index (κ3) is 6.32.